The van der Waals surface area contributed by atoms with Crippen molar-refractivity contribution in [1.29, 1.82) is 0 Å². The monoisotopic (exact) mass is 466 g/mol. The Bertz CT molecular complexity index is 1020. The molecule has 1 atom stereocenters. The van der Waals surface area contributed by atoms with E-state index in [1.165, 1.54) is 17.5 Å². The van der Waals surface area contributed by atoms with E-state index in [1.54, 1.807) is 6.07 Å². The second kappa shape index (κ2) is 10.5. The van der Waals surface area contributed by atoms with Crippen LogP contribution in [0, 0.1) is 0 Å². The Morgan fingerprint density at radius 3 is 2.74 bits per heavy atom. The predicted molar refractivity (Wildman–Crippen MR) is 129 cm³/mol. The van der Waals surface area contributed by atoms with Gasteiger partial charge < -0.3 is 20.6 Å². The number of anilines is 1. The first-order valence-corrected chi connectivity index (χ1v) is 12.0. The Balaban J connectivity index is 1.24. The predicted octanol–water partition coefficient (Wildman–Crippen LogP) is 1.44. The Labute approximate surface area is 200 Å². The van der Waals surface area contributed by atoms with Gasteiger partial charge in [-0.3, -0.25) is 14.5 Å². The van der Waals surface area contributed by atoms with Crippen molar-refractivity contribution in [3.05, 3.63) is 53.5 Å². The van der Waals surface area contributed by atoms with Crippen LogP contribution >= 0.6 is 0 Å². The number of fused-ring (bicyclic) bond motifs is 1. The number of nitrogens with zero attached hydrogens (tertiary/aromatic N) is 4. The van der Waals surface area contributed by atoms with E-state index in [0.717, 1.165) is 25.9 Å². The Kier molecular flexibility index (Phi) is 7.43. The van der Waals surface area contributed by atoms with Gasteiger partial charge in [-0.15, -0.1) is 0 Å². The number of aliphatic hydroxyl groups is 1. The third-order valence-electron chi connectivity index (χ3n) is 6.40. The zero-order valence-corrected chi connectivity index (χ0v) is 20.0. The van der Waals surface area contributed by atoms with Crippen LogP contribution in [0.4, 0.5) is 5.82 Å². The van der Waals surface area contributed by atoms with Gasteiger partial charge in [-0.05, 0) is 30.9 Å². The number of hydrogen-bond donors (Lipinski definition) is 3. The zero-order chi connectivity index (χ0) is 24.1. The molecular formula is C25H34N6O3. The van der Waals surface area contributed by atoms with Crippen molar-refractivity contribution in [2.75, 3.05) is 38.0 Å². The fourth-order valence-electron chi connectivity index (χ4n) is 4.66. The van der Waals surface area contributed by atoms with E-state index in [2.05, 4.69) is 43.7 Å². The van der Waals surface area contributed by atoms with Gasteiger partial charge in [-0.25, -0.2) is 9.97 Å². The van der Waals surface area contributed by atoms with Crippen LogP contribution in [0.1, 0.15) is 48.3 Å². The fourth-order valence-corrected chi connectivity index (χ4v) is 4.66. The summed E-state index contributed by atoms with van der Waals surface area (Å²) in [5.74, 6) is 0.349. The summed E-state index contributed by atoms with van der Waals surface area (Å²) in [6.45, 7) is 7.57. The van der Waals surface area contributed by atoms with Crippen LogP contribution in [0.3, 0.4) is 0 Å². The van der Waals surface area contributed by atoms with Crippen molar-refractivity contribution < 1.29 is 14.7 Å². The van der Waals surface area contributed by atoms with Crippen molar-refractivity contribution in [3.63, 3.8) is 0 Å². The average Bonchev–Trinajstić information content (AvgIpc) is 2.81. The molecule has 2 aromatic rings. The zero-order valence-electron chi connectivity index (χ0n) is 20.0. The first-order valence-electron chi connectivity index (χ1n) is 12.0. The number of likely N-dealkylation sites (tertiary alicyclic amines) is 1. The van der Waals surface area contributed by atoms with Crippen molar-refractivity contribution in [1.82, 2.24) is 25.1 Å². The first kappa shape index (κ1) is 24.1. The second-order valence-electron chi connectivity index (χ2n) is 9.59. The van der Waals surface area contributed by atoms with Gasteiger partial charge in [0.2, 0.25) is 5.91 Å². The molecule has 1 aromatic carbocycles. The highest BCUT2D eigenvalue weighted by molar-refractivity contribution is 5.92. The topological polar surface area (TPSA) is 111 Å². The highest BCUT2D eigenvalue weighted by atomic mass is 16.3. The lowest BCUT2D eigenvalue weighted by molar-refractivity contribution is -0.137. The van der Waals surface area contributed by atoms with Gasteiger partial charge in [0.15, 0.2) is 0 Å². The first-order chi connectivity index (χ1) is 16.3. The maximum atomic E-state index is 12.6. The third-order valence-corrected chi connectivity index (χ3v) is 6.40. The van der Waals surface area contributed by atoms with Crippen LogP contribution in [-0.4, -0.2) is 81.1 Å². The molecule has 3 heterocycles. The number of carbonyl (C=O) groups excluding carboxylic acids is 2. The lowest BCUT2D eigenvalue weighted by Crippen LogP contribution is -2.65. The molecule has 1 saturated heterocycles. The van der Waals surface area contributed by atoms with Crippen LogP contribution in [-0.2, 0) is 17.8 Å². The normalized spacial score (nSPS) is 17.9. The maximum Gasteiger partial charge on any atom is 0.270 e. The maximum absolute atomic E-state index is 12.6. The number of aliphatic hydroxyl groups excluding tert-OH is 1. The molecule has 2 amide bonds. The molecule has 1 fully saturated rings. The number of β-amino-alcohol motifs (C(OH)–C–C–N with tert-alkyl or cyclic N) is 1. The van der Waals surface area contributed by atoms with Gasteiger partial charge in [-0.1, -0.05) is 31.2 Å². The van der Waals surface area contributed by atoms with E-state index >= 15 is 0 Å². The number of nitrogens with one attached hydrogen (secondary N) is 2. The molecule has 1 aromatic heterocycles. The number of aromatic nitrogens is 2. The molecule has 0 radical (unpaired) electrons. The SMILES string of the molecule is CCCC(=O)N1CC(C)(Nc2cc(C(=O)NC[C@H](O)CN3CCc4ccccc4C3)ncn2)C1. The third kappa shape index (κ3) is 5.90. The van der Waals surface area contributed by atoms with Crippen LogP contribution in [0.2, 0.25) is 0 Å². The summed E-state index contributed by atoms with van der Waals surface area (Å²) in [5, 5.41) is 16.6. The van der Waals surface area contributed by atoms with Gasteiger partial charge in [0.25, 0.3) is 5.91 Å². The number of benzene rings is 1. The minimum Gasteiger partial charge on any atom is -0.390 e. The summed E-state index contributed by atoms with van der Waals surface area (Å²) in [5.41, 5.74) is 2.61. The molecule has 34 heavy (non-hydrogen) atoms. The molecular weight excluding hydrogens is 432 g/mol. The molecule has 9 heteroatoms. The number of rotatable bonds is 9. The molecule has 0 bridgehead atoms. The van der Waals surface area contributed by atoms with E-state index in [9.17, 15) is 14.7 Å². The summed E-state index contributed by atoms with van der Waals surface area (Å²) in [4.78, 5) is 37.0. The quantitative estimate of drug-likeness (QED) is 0.513. The largest absolute Gasteiger partial charge is 0.390 e. The highest BCUT2D eigenvalue weighted by Gasteiger charge is 2.41. The molecule has 3 N–H and O–H groups in total. The van der Waals surface area contributed by atoms with E-state index in [4.69, 9.17) is 0 Å². The average molecular weight is 467 g/mol. The van der Waals surface area contributed by atoms with Crippen molar-refractivity contribution in [2.24, 2.45) is 0 Å². The standard InChI is InChI=1S/C25H34N6O3/c1-3-6-23(33)31-15-25(2,16-31)29-22-11-21(27-17-28-22)24(34)26-12-20(32)14-30-10-9-18-7-4-5-8-19(18)13-30/h4-5,7-8,11,17,20,32H,3,6,9-10,12-16H2,1-2H3,(H,26,34)(H,27,28,29)/t20-/m0/s1. The van der Waals surface area contributed by atoms with Gasteiger partial charge >= 0.3 is 0 Å². The highest BCUT2D eigenvalue weighted by Crippen LogP contribution is 2.25. The number of hydrogen-bond acceptors (Lipinski definition) is 7. The van der Waals surface area contributed by atoms with Gasteiger partial charge in [0.05, 0.1) is 11.6 Å². The van der Waals surface area contributed by atoms with E-state index in [1.807, 2.05) is 24.8 Å². The number of amides is 2. The fraction of sp³-hybridized carbons (Fsp3) is 0.520. The molecule has 2 aliphatic heterocycles. The van der Waals surface area contributed by atoms with Crippen LogP contribution in [0.15, 0.2) is 36.7 Å². The minimum atomic E-state index is -0.672. The lowest BCUT2D eigenvalue weighted by atomic mass is 9.91. The molecule has 0 saturated carbocycles. The van der Waals surface area contributed by atoms with Crippen LogP contribution in [0.25, 0.3) is 0 Å². The smallest absolute Gasteiger partial charge is 0.270 e. The van der Waals surface area contributed by atoms with Crippen molar-refractivity contribution >= 4 is 17.6 Å². The van der Waals surface area contributed by atoms with Gasteiger partial charge in [0, 0.05) is 51.8 Å². The summed E-state index contributed by atoms with van der Waals surface area (Å²) >= 11 is 0. The van der Waals surface area contributed by atoms with E-state index in [-0.39, 0.29) is 29.6 Å². The number of carbonyl (C=O) groups is 2. The Morgan fingerprint density at radius 1 is 1.21 bits per heavy atom. The molecule has 0 spiro atoms. The summed E-state index contributed by atoms with van der Waals surface area (Å²) in [7, 11) is 0. The lowest BCUT2D eigenvalue weighted by Gasteiger charge is -2.48. The van der Waals surface area contributed by atoms with Crippen LogP contribution < -0.4 is 10.6 Å². The summed E-state index contributed by atoms with van der Waals surface area (Å²) in [6.07, 6.45) is 3.04. The summed E-state index contributed by atoms with van der Waals surface area (Å²) in [6, 6.07) is 9.98. The van der Waals surface area contributed by atoms with Crippen LogP contribution in [0.5, 0.6) is 0 Å². The molecule has 182 valence electrons. The van der Waals surface area contributed by atoms with E-state index in [0.29, 0.717) is 31.9 Å². The summed E-state index contributed by atoms with van der Waals surface area (Å²) < 4.78 is 0. The molecule has 4 rings (SSSR count). The molecule has 0 unspecified atom stereocenters. The minimum absolute atomic E-state index is 0.149. The molecule has 0 aliphatic carbocycles. The van der Waals surface area contributed by atoms with Gasteiger partial charge in [0.1, 0.15) is 17.8 Å². The Hall–Kier alpha value is -3.04. The molecule has 9 nitrogen and oxygen atoms in total. The Morgan fingerprint density at radius 2 is 1.97 bits per heavy atom. The van der Waals surface area contributed by atoms with E-state index < -0.39 is 6.10 Å². The second-order valence-corrected chi connectivity index (χ2v) is 9.59. The van der Waals surface area contributed by atoms with Crippen molar-refractivity contribution in [2.45, 2.75) is 51.3 Å². The van der Waals surface area contributed by atoms with Gasteiger partial charge in [-0.2, -0.15) is 0 Å². The van der Waals surface area contributed by atoms with Crippen molar-refractivity contribution in [3.8, 4) is 0 Å². The molecule has 2 aliphatic rings.